The van der Waals surface area contributed by atoms with Crippen LogP contribution in [-0.4, -0.2) is 34.5 Å². The van der Waals surface area contributed by atoms with Crippen LogP contribution in [-0.2, 0) is 9.53 Å². The Morgan fingerprint density at radius 1 is 1.04 bits per heavy atom. The van der Waals surface area contributed by atoms with E-state index in [0.29, 0.717) is 16.9 Å². The van der Waals surface area contributed by atoms with Gasteiger partial charge in [-0.1, -0.05) is 42.5 Å². The van der Waals surface area contributed by atoms with E-state index in [9.17, 15) is 14.4 Å². The minimum absolute atomic E-state index is 0.106. The number of benzene rings is 2. The molecule has 0 bridgehead atoms. The van der Waals surface area contributed by atoms with E-state index >= 15 is 0 Å². The fraction of sp³-hybridized carbons (Fsp3) is 0.100. The standard InChI is InChI=1S/C20H17N3O4/c1-13(24)15-8-5-9-16(10-15)21-19(25)12-27-20(26)18-11-17(22-23-18)14-6-3-2-4-7-14/h2-11H,12H2,1H3,(H,21,25)(H,22,23). The van der Waals surface area contributed by atoms with Gasteiger partial charge in [0.15, 0.2) is 12.4 Å². The second-order valence-electron chi connectivity index (χ2n) is 5.79. The van der Waals surface area contributed by atoms with E-state index in [-0.39, 0.29) is 11.5 Å². The number of hydrogen-bond donors (Lipinski definition) is 2. The minimum Gasteiger partial charge on any atom is -0.451 e. The van der Waals surface area contributed by atoms with Gasteiger partial charge in [-0.2, -0.15) is 5.10 Å². The summed E-state index contributed by atoms with van der Waals surface area (Å²) < 4.78 is 5.00. The predicted molar refractivity (Wildman–Crippen MR) is 99.4 cm³/mol. The summed E-state index contributed by atoms with van der Waals surface area (Å²) in [6.07, 6.45) is 0. The maximum Gasteiger partial charge on any atom is 0.356 e. The Kier molecular flexibility index (Phi) is 5.41. The van der Waals surface area contributed by atoms with Gasteiger partial charge in [0.05, 0.1) is 5.69 Å². The molecule has 0 aliphatic carbocycles. The number of ketones is 1. The van der Waals surface area contributed by atoms with Gasteiger partial charge >= 0.3 is 5.97 Å². The number of aromatic amines is 1. The quantitative estimate of drug-likeness (QED) is 0.518. The molecule has 0 atom stereocenters. The summed E-state index contributed by atoms with van der Waals surface area (Å²) in [5.41, 5.74) is 2.55. The Hall–Kier alpha value is -3.74. The van der Waals surface area contributed by atoms with Gasteiger partial charge in [0, 0.05) is 16.8 Å². The maximum absolute atomic E-state index is 12.1. The average Bonchev–Trinajstić information content (AvgIpc) is 3.17. The van der Waals surface area contributed by atoms with E-state index in [0.717, 1.165) is 5.56 Å². The molecule has 0 saturated carbocycles. The lowest BCUT2D eigenvalue weighted by Gasteiger charge is -2.06. The SMILES string of the molecule is CC(=O)c1cccc(NC(=O)COC(=O)c2cc(-c3ccccc3)n[nH]2)c1. The van der Waals surface area contributed by atoms with Gasteiger partial charge in [0.25, 0.3) is 5.91 Å². The van der Waals surface area contributed by atoms with Gasteiger partial charge in [0.1, 0.15) is 5.69 Å². The fourth-order valence-electron chi connectivity index (χ4n) is 2.40. The van der Waals surface area contributed by atoms with Gasteiger partial charge < -0.3 is 10.1 Å². The van der Waals surface area contributed by atoms with Gasteiger partial charge in [-0.15, -0.1) is 0 Å². The molecule has 3 rings (SSSR count). The van der Waals surface area contributed by atoms with Crippen molar-refractivity contribution in [2.24, 2.45) is 0 Å². The molecule has 1 amide bonds. The van der Waals surface area contributed by atoms with Crippen LogP contribution in [0.2, 0.25) is 0 Å². The van der Waals surface area contributed by atoms with Crippen molar-refractivity contribution >= 4 is 23.3 Å². The van der Waals surface area contributed by atoms with Gasteiger partial charge in [0.2, 0.25) is 0 Å². The van der Waals surface area contributed by atoms with E-state index < -0.39 is 18.5 Å². The van der Waals surface area contributed by atoms with E-state index in [4.69, 9.17) is 4.74 Å². The second-order valence-corrected chi connectivity index (χ2v) is 5.79. The summed E-state index contributed by atoms with van der Waals surface area (Å²) in [6.45, 7) is 0.986. The van der Waals surface area contributed by atoms with Crippen molar-refractivity contribution in [3.05, 3.63) is 71.9 Å². The molecule has 0 saturated heterocycles. The van der Waals surface area contributed by atoms with E-state index in [1.807, 2.05) is 30.3 Å². The molecule has 0 aliphatic rings. The second kappa shape index (κ2) is 8.09. The van der Waals surface area contributed by atoms with Gasteiger partial charge in [-0.3, -0.25) is 14.7 Å². The molecule has 0 spiro atoms. The molecule has 0 fully saturated rings. The van der Waals surface area contributed by atoms with Crippen LogP contribution in [0.5, 0.6) is 0 Å². The summed E-state index contributed by atoms with van der Waals surface area (Å²) in [4.78, 5) is 35.4. The fourth-order valence-corrected chi connectivity index (χ4v) is 2.40. The molecule has 1 heterocycles. The number of Topliss-reactive ketones (excluding diaryl/α,β-unsaturated/α-hetero) is 1. The molecule has 7 nitrogen and oxygen atoms in total. The first kappa shape index (κ1) is 18.1. The summed E-state index contributed by atoms with van der Waals surface area (Å²) in [6, 6.07) is 17.4. The highest BCUT2D eigenvalue weighted by atomic mass is 16.5. The summed E-state index contributed by atoms with van der Waals surface area (Å²) in [5, 5.41) is 9.25. The van der Waals surface area contributed by atoms with Crippen molar-refractivity contribution in [1.82, 2.24) is 10.2 Å². The topological polar surface area (TPSA) is 101 Å². The Bertz CT molecular complexity index is 980. The zero-order valence-electron chi connectivity index (χ0n) is 14.6. The lowest BCUT2D eigenvalue weighted by molar-refractivity contribution is -0.119. The van der Waals surface area contributed by atoms with Gasteiger partial charge in [-0.25, -0.2) is 4.79 Å². The molecule has 0 aliphatic heterocycles. The number of amides is 1. The van der Waals surface area contributed by atoms with Crippen LogP contribution in [0, 0.1) is 0 Å². The van der Waals surface area contributed by atoms with Crippen LogP contribution in [0.25, 0.3) is 11.3 Å². The largest absolute Gasteiger partial charge is 0.451 e. The number of carbonyl (C=O) groups excluding carboxylic acids is 3. The number of nitrogens with zero attached hydrogens (tertiary/aromatic N) is 1. The highest BCUT2D eigenvalue weighted by Gasteiger charge is 2.14. The monoisotopic (exact) mass is 363 g/mol. The predicted octanol–water partition coefficient (Wildman–Crippen LogP) is 3.07. The molecule has 7 heteroatoms. The summed E-state index contributed by atoms with van der Waals surface area (Å²) in [5.74, 6) is -1.30. The Morgan fingerprint density at radius 3 is 2.56 bits per heavy atom. The normalized spacial score (nSPS) is 10.3. The van der Waals surface area contributed by atoms with Crippen molar-refractivity contribution in [1.29, 1.82) is 0 Å². The lowest BCUT2D eigenvalue weighted by atomic mass is 10.1. The molecular weight excluding hydrogens is 346 g/mol. The van der Waals surface area contributed by atoms with Crippen molar-refractivity contribution < 1.29 is 19.1 Å². The van der Waals surface area contributed by atoms with Crippen molar-refractivity contribution in [3.8, 4) is 11.3 Å². The number of aromatic nitrogens is 2. The number of hydrogen-bond acceptors (Lipinski definition) is 5. The van der Waals surface area contributed by atoms with Crippen LogP contribution >= 0.6 is 0 Å². The molecule has 0 radical (unpaired) electrons. The van der Waals surface area contributed by atoms with Crippen molar-refractivity contribution in [2.45, 2.75) is 6.92 Å². The molecule has 2 aromatic carbocycles. The molecule has 1 aromatic heterocycles. The molecule has 0 unspecified atom stereocenters. The zero-order valence-corrected chi connectivity index (χ0v) is 14.6. The maximum atomic E-state index is 12.1. The van der Waals surface area contributed by atoms with Crippen LogP contribution < -0.4 is 5.32 Å². The highest BCUT2D eigenvalue weighted by Crippen LogP contribution is 2.17. The number of nitrogens with one attached hydrogen (secondary N) is 2. The smallest absolute Gasteiger partial charge is 0.356 e. The van der Waals surface area contributed by atoms with E-state index in [2.05, 4.69) is 15.5 Å². The number of anilines is 1. The third-order valence-electron chi connectivity index (χ3n) is 3.75. The minimum atomic E-state index is -0.683. The van der Waals surface area contributed by atoms with Crippen LogP contribution in [0.3, 0.4) is 0 Å². The zero-order chi connectivity index (χ0) is 19.2. The number of esters is 1. The Labute approximate surface area is 155 Å². The number of carbonyl (C=O) groups is 3. The molecular formula is C20H17N3O4. The average molecular weight is 363 g/mol. The Morgan fingerprint density at radius 2 is 1.81 bits per heavy atom. The first-order chi connectivity index (χ1) is 13.0. The van der Waals surface area contributed by atoms with Crippen LogP contribution in [0.1, 0.15) is 27.8 Å². The van der Waals surface area contributed by atoms with Crippen molar-refractivity contribution in [3.63, 3.8) is 0 Å². The first-order valence-electron chi connectivity index (χ1n) is 8.22. The van der Waals surface area contributed by atoms with Crippen LogP contribution in [0.15, 0.2) is 60.7 Å². The van der Waals surface area contributed by atoms with Crippen LogP contribution in [0.4, 0.5) is 5.69 Å². The molecule has 136 valence electrons. The number of H-pyrrole nitrogens is 1. The van der Waals surface area contributed by atoms with Crippen molar-refractivity contribution in [2.75, 3.05) is 11.9 Å². The first-order valence-corrected chi connectivity index (χ1v) is 8.22. The van der Waals surface area contributed by atoms with E-state index in [1.165, 1.54) is 6.92 Å². The number of rotatable bonds is 6. The van der Waals surface area contributed by atoms with Gasteiger partial charge in [-0.05, 0) is 25.1 Å². The molecule has 27 heavy (non-hydrogen) atoms. The Balaban J connectivity index is 1.56. The van der Waals surface area contributed by atoms with E-state index in [1.54, 1.807) is 30.3 Å². The third kappa shape index (κ3) is 4.66. The highest BCUT2D eigenvalue weighted by molar-refractivity contribution is 5.98. The number of ether oxygens (including phenoxy) is 1. The summed E-state index contributed by atoms with van der Waals surface area (Å²) in [7, 11) is 0. The molecule has 2 N–H and O–H groups in total. The molecule has 3 aromatic rings. The lowest BCUT2D eigenvalue weighted by Crippen LogP contribution is -2.21. The summed E-state index contributed by atoms with van der Waals surface area (Å²) >= 11 is 0. The third-order valence-corrected chi connectivity index (χ3v) is 3.75.